The molecular formula is C18H18N4O3. The smallest absolute Gasteiger partial charge is 0.274 e. The van der Waals surface area contributed by atoms with Crippen molar-refractivity contribution in [2.45, 2.75) is 18.8 Å². The molecule has 1 fully saturated rings. The van der Waals surface area contributed by atoms with Crippen LogP contribution in [-0.2, 0) is 0 Å². The molecule has 0 spiro atoms. The van der Waals surface area contributed by atoms with E-state index in [4.69, 9.17) is 9.47 Å². The van der Waals surface area contributed by atoms with Crippen molar-refractivity contribution in [2.24, 2.45) is 0 Å². The van der Waals surface area contributed by atoms with E-state index in [-0.39, 0.29) is 5.91 Å². The lowest BCUT2D eigenvalue weighted by molar-refractivity contribution is 0.102. The Morgan fingerprint density at radius 3 is 2.76 bits per heavy atom. The van der Waals surface area contributed by atoms with Crippen molar-refractivity contribution in [3.63, 3.8) is 0 Å². The molecule has 2 aromatic heterocycles. The van der Waals surface area contributed by atoms with Gasteiger partial charge in [0.2, 0.25) is 0 Å². The fourth-order valence-corrected chi connectivity index (χ4v) is 2.81. The largest absolute Gasteiger partial charge is 0.497 e. The number of hydrogen-bond donors (Lipinski definition) is 1. The van der Waals surface area contributed by atoms with Crippen LogP contribution in [0.1, 0.15) is 34.9 Å². The molecule has 0 unspecified atom stereocenters. The molecule has 1 amide bonds. The molecule has 1 aliphatic carbocycles. The fourth-order valence-electron chi connectivity index (χ4n) is 2.81. The number of carbonyl (C=O) groups is 1. The molecule has 1 N–H and O–H groups in total. The molecule has 1 saturated carbocycles. The third-order valence-electron chi connectivity index (χ3n) is 4.27. The van der Waals surface area contributed by atoms with E-state index in [1.165, 1.54) is 0 Å². The van der Waals surface area contributed by atoms with Crippen molar-refractivity contribution >= 4 is 17.2 Å². The number of carbonyl (C=O) groups excluding carboxylic acids is 1. The van der Waals surface area contributed by atoms with Gasteiger partial charge in [-0.1, -0.05) is 0 Å². The highest BCUT2D eigenvalue weighted by molar-refractivity contribution is 6.04. The molecule has 0 aliphatic heterocycles. The predicted molar refractivity (Wildman–Crippen MR) is 92.5 cm³/mol. The third-order valence-corrected chi connectivity index (χ3v) is 4.27. The lowest BCUT2D eigenvalue weighted by atomic mass is 10.2. The minimum Gasteiger partial charge on any atom is -0.497 e. The van der Waals surface area contributed by atoms with Crippen LogP contribution in [0.4, 0.5) is 5.69 Å². The summed E-state index contributed by atoms with van der Waals surface area (Å²) in [7, 11) is 3.13. The lowest BCUT2D eigenvalue weighted by Crippen LogP contribution is -2.16. The van der Waals surface area contributed by atoms with Gasteiger partial charge in [0.15, 0.2) is 5.65 Å². The summed E-state index contributed by atoms with van der Waals surface area (Å²) in [5, 5.41) is 7.16. The number of rotatable bonds is 5. The number of methoxy groups -OCH3 is 2. The summed E-state index contributed by atoms with van der Waals surface area (Å²) in [5.74, 6) is 1.35. The van der Waals surface area contributed by atoms with E-state index in [1.54, 1.807) is 44.7 Å². The average molecular weight is 338 g/mol. The molecule has 128 valence electrons. The molecule has 0 bridgehead atoms. The maximum absolute atomic E-state index is 12.7. The first-order valence-corrected chi connectivity index (χ1v) is 8.07. The van der Waals surface area contributed by atoms with Crippen molar-refractivity contribution in [3.8, 4) is 11.5 Å². The number of amides is 1. The van der Waals surface area contributed by atoms with E-state index in [9.17, 15) is 4.79 Å². The van der Waals surface area contributed by atoms with Gasteiger partial charge in [-0.3, -0.25) is 4.79 Å². The topological polar surface area (TPSA) is 77.8 Å². The van der Waals surface area contributed by atoms with Crippen LogP contribution in [0.5, 0.6) is 11.5 Å². The number of anilines is 1. The third kappa shape index (κ3) is 2.88. The molecule has 1 aromatic carbocycles. The fraction of sp³-hybridized carbons (Fsp3) is 0.278. The van der Waals surface area contributed by atoms with Crippen LogP contribution in [0.2, 0.25) is 0 Å². The summed E-state index contributed by atoms with van der Waals surface area (Å²) in [6, 6.07) is 8.86. The Hall–Kier alpha value is -3.09. The van der Waals surface area contributed by atoms with Crippen LogP contribution in [0.3, 0.4) is 0 Å². The van der Waals surface area contributed by atoms with E-state index in [1.807, 2.05) is 10.6 Å². The van der Waals surface area contributed by atoms with Crippen molar-refractivity contribution in [3.05, 3.63) is 47.9 Å². The van der Waals surface area contributed by atoms with E-state index in [0.29, 0.717) is 34.4 Å². The second-order valence-electron chi connectivity index (χ2n) is 5.96. The van der Waals surface area contributed by atoms with Crippen molar-refractivity contribution in [1.82, 2.24) is 14.6 Å². The molecule has 1 aliphatic rings. The summed E-state index contributed by atoms with van der Waals surface area (Å²) in [5.41, 5.74) is 2.64. The highest BCUT2D eigenvalue weighted by Gasteiger charge is 2.28. The van der Waals surface area contributed by atoms with E-state index in [0.717, 1.165) is 18.5 Å². The van der Waals surface area contributed by atoms with Gasteiger partial charge in [-0.2, -0.15) is 5.10 Å². The zero-order chi connectivity index (χ0) is 17.4. The number of nitrogens with zero attached hydrogens (tertiary/aromatic N) is 3. The van der Waals surface area contributed by atoms with Gasteiger partial charge in [0.25, 0.3) is 5.91 Å². The number of ether oxygens (including phenoxy) is 2. The Morgan fingerprint density at radius 1 is 1.20 bits per heavy atom. The highest BCUT2D eigenvalue weighted by atomic mass is 16.5. The normalized spacial score (nSPS) is 13.7. The molecule has 0 atom stereocenters. The summed E-state index contributed by atoms with van der Waals surface area (Å²) in [6.45, 7) is 0. The minimum absolute atomic E-state index is 0.283. The molecule has 4 rings (SSSR count). The number of nitrogens with one attached hydrogen (secondary N) is 1. The Labute approximate surface area is 144 Å². The summed E-state index contributed by atoms with van der Waals surface area (Å²) in [4.78, 5) is 17.1. The van der Waals surface area contributed by atoms with Crippen LogP contribution in [-0.4, -0.2) is 34.7 Å². The molecular weight excluding hydrogens is 320 g/mol. The average Bonchev–Trinajstić information content (AvgIpc) is 3.37. The maximum atomic E-state index is 12.7. The Balaban J connectivity index is 1.66. The van der Waals surface area contributed by atoms with Crippen molar-refractivity contribution in [2.75, 3.05) is 19.5 Å². The summed E-state index contributed by atoms with van der Waals surface area (Å²) in [6.07, 6.45) is 3.93. The van der Waals surface area contributed by atoms with Crippen LogP contribution in [0.15, 0.2) is 36.5 Å². The van der Waals surface area contributed by atoms with Crippen molar-refractivity contribution < 1.29 is 14.3 Å². The zero-order valence-corrected chi connectivity index (χ0v) is 14.0. The van der Waals surface area contributed by atoms with E-state index < -0.39 is 0 Å². The Bertz CT molecular complexity index is 947. The second kappa shape index (κ2) is 6.08. The van der Waals surface area contributed by atoms with Gasteiger partial charge >= 0.3 is 0 Å². The molecule has 0 radical (unpaired) electrons. The van der Waals surface area contributed by atoms with Gasteiger partial charge in [-0.05, 0) is 31.0 Å². The molecule has 7 nitrogen and oxygen atoms in total. The molecule has 0 saturated heterocycles. The van der Waals surface area contributed by atoms with Gasteiger partial charge < -0.3 is 14.8 Å². The molecule has 2 heterocycles. The quantitative estimate of drug-likeness (QED) is 0.774. The number of hydrogen-bond acceptors (Lipinski definition) is 5. The predicted octanol–water partition coefficient (Wildman–Crippen LogP) is 2.88. The first-order chi connectivity index (χ1) is 12.2. The maximum Gasteiger partial charge on any atom is 0.274 e. The second-order valence-corrected chi connectivity index (χ2v) is 5.96. The van der Waals surface area contributed by atoms with Crippen LogP contribution in [0, 0.1) is 0 Å². The highest BCUT2D eigenvalue weighted by Crippen LogP contribution is 2.40. The van der Waals surface area contributed by atoms with E-state index >= 15 is 0 Å². The minimum atomic E-state index is -0.283. The first-order valence-electron chi connectivity index (χ1n) is 8.07. The SMILES string of the molecule is COc1ccc(NC(=O)c2cc(C3CC3)n3nccc3n2)c(OC)c1. The number of benzene rings is 1. The van der Waals surface area contributed by atoms with Gasteiger partial charge in [0.1, 0.15) is 17.2 Å². The number of aromatic nitrogens is 3. The van der Waals surface area contributed by atoms with Gasteiger partial charge in [0, 0.05) is 23.7 Å². The molecule has 25 heavy (non-hydrogen) atoms. The first kappa shape index (κ1) is 15.4. The van der Waals surface area contributed by atoms with Crippen LogP contribution >= 0.6 is 0 Å². The lowest BCUT2D eigenvalue weighted by Gasteiger charge is -2.12. The standard InChI is InChI=1S/C18H18N4O3/c1-24-12-5-6-13(16(9-12)25-2)21-18(23)14-10-15(11-3-4-11)22-17(20-14)7-8-19-22/h5-11H,3-4H2,1-2H3,(H,21,23). The summed E-state index contributed by atoms with van der Waals surface area (Å²) >= 11 is 0. The monoisotopic (exact) mass is 338 g/mol. The van der Waals surface area contributed by atoms with Gasteiger partial charge in [0.05, 0.1) is 26.1 Å². The van der Waals surface area contributed by atoms with Gasteiger partial charge in [-0.25, -0.2) is 9.50 Å². The number of fused-ring (bicyclic) bond motifs is 1. The van der Waals surface area contributed by atoms with E-state index in [2.05, 4.69) is 15.4 Å². The Kier molecular flexibility index (Phi) is 3.76. The van der Waals surface area contributed by atoms with Crippen LogP contribution < -0.4 is 14.8 Å². The molecule has 3 aromatic rings. The van der Waals surface area contributed by atoms with Crippen molar-refractivity contribution in [1.29, 1.82) is 0 Å². The summed E-state index contributed by atoms with van der Waals surface area (Å²) < 4.78 is 12.3. The zero-order valence-electron chi connectivity index (χ0n) is 14.0. The van der Waals surface area contributed by atoms with Gasteiger partial charge in [-0.15, -0.1) is 0 Å². The van der Waals surface area contributed by atoms with Crippen LogP contribution in [0.25, 0.3) is 5.65 Å². The Morgan fingerprint density at radius 2 is 2.04 bits per heavy atom. The molecule has 7 heteroatoms.